The quantitative estimate of drug-likeness (QED) is 0.659. The van der Waals surface area contributed by atoms with Crippen molar-refractivity contribution in [2.24, 2.45) is 4.99 Å². The SMILES string of the molecule is CCNC(=NCc1cccs1)N1CCN(c2cccc(OC)c2)CC1. The molecule has 0 spiro atoms. The largest absolute Gasteiger partial charge is 0.497 e. The Morgan fingerprint density at radius 2 is 2.04 bits per heavy atom. The molecule has 0 amide bonds. The summed E-state index contributed by atoms with van der Waals surface area (Å²) >= 11 is 1.76. The molecule has 1 fully saturated rings. The first kappa shape index (κ1) is 17.6. The van der Waals surface area contributed by atoms with Crippen LogP contribution in [-0.4, -0.2) is 50.7 Å². The minimum atomic E-state index is 0.746. The topological polar surface area (TPSA) is 40.1 Å². The minimum absolute atomic E-state index is 0.746. The van der Waals surface area contributed by atoms with Gasteiger partial charge in [-0.05, 0) is 30.5 Å². The lowest BCUT2D eigenvalue weighted by atomic mass is 10.2. The van der Waals surface area contributed by atoms with Crippen molar-refractivity contribution in [2.75, 3.05) is 44.7 Å². The zero-order chi connectivity index (χ0) is 17.5. The highest BCUT2D eigenvalue weighted by atomic mass is 32.1. The Labute approximate surface area is 153 Å². The van der Waals surface area contributed by atoms with Crippen LogP contribution in [0.3, 0.4) is 0 Å². The molecule has 1 aliphatic heterocycles. The second-order valence-corrected chi connectivity index (χ2v) is 6.96. The molecule has 1 aromatic heterocycles. The average molecular weight is 359 g/mol. The van der Waals surface area contributed by atoms with Gasteiger partial charge in [0.1, 0.15) is 5.75 Å². The van der Waals surface area contributed by atoms with Crippen LogP contribution in [0.1, 0.15) is 11.8 Å². The Morgan fingerprint density at radius 1 is 1.20 bits per heavy atom. The van der Waals surface area contributed by atoms with Crippen molar-refractivity contribution in [2.45, 2.75) is 13.5 Å². The number of anilines is 1. The predicted molar refractivity (Wildman–Crippen MR) is 106 cm³/mol. The van der Waals surface area contributed by atoms with E-state index in [2.05, 4.69) is 51.7 Å². The van der Waals surface area contributed by atoms with Crippen LogP contribution in [-0.2, 0) is 6.54 Å². The fraction of sp³-hybridized carbons (Fsp3) is 0.421. The number of thiophene rings is 1. The summed E-state index contributed by atoms with van der Waals surface area (Å²) in [5, 5.41) is 5.53. The van der Waals surface area contributed by atoms with E-state index in [1.165, 1.54) is 10.6 Å². The Hall–Kier alpha value is -2.21. The van der Waals surface area contributed by atoms with Crippen LogP contribution in [0.4, 0.5) is 5.69 Å². The van der Waals surface area contributed by atoms with Gasteiger partial charge in [0.05, 0.1) is 13.7 Å². The molecule has 2 aromatic rings. The Balaban J connectivity index is 1.61. The fourth-order valence-electron chi connectivity index (χ4n) is 2.96. The molecule has 1 saturated heterocycles. The van der Waals surface area contributed by atoms with Crippen LogP contribution < -0.4 is 15.0 Å². The summed E-state index contributed by atoms with van der Waals surface area (Å²) in [6.45, 7) is 7.65. The van der Waals surface area contributed by atoms with E-state index in [-0.39, 0.29) is 0 Å². The highest BCUT2D eigenvalue weighted by Crippen LogP contribution is 2.22. The maximum Gasteiger partial charge on any atom is 0.194 e. The molecule has 134 valence electrons. The van der Waals surface area contributed by atoms with Gasteiger partial charge in [0.25, 0.3) is 0 Å². The highest BCUT2D eigenvalue weighted by Gasteiger charge is 2.20. The van der Waals surface area contributed by atoms with Crippen molar-refractivity contribution in [1.82, 2.24) is 10.2 Å². The monoisotopic (exact) mass is 358 g/mol. The number of hydrogen-bond donors (Lipinski definition) is 1. The molecule has 0 unspecified atom stereocenters. The molecule has 6 heteroatoms. The summed E-state index contributed by atoms with van der Waals surface area (Å²) in [5.41, 5.74) is 1.22. The van der Waals surface area contributed by atoms with Crippen LogP contribution in [0.15, 0.2) is 46.8 Å². The maximum atomic E-state index is 5.34. The Bertz CT molecular complexity index is 678. The molecule has 25 heavy (non-hydrogen) atoms. The normalized spacial score (nSPS) is 15.4. The summed E-state index contributed by atoms with van der Waals surface area (Å²) in [7, 11) is 1.71. The molecular formula is C19H26N4OS. The number of piperazine rings is 1. The maximum absolute atomic E-state index is 5.34. The summed E-state index contributed by atoms with van der Waals surface area (Å²) < 4.78 is 5.34. The third-order valence-electron chi connectivity index (χ3n) is 4.30. The van der Waals surface area contributed by atoms with Crippen LogP contribution in [0.5, 0.6) is 5.75 Å². The molecule has 3 rings (SSSR count). The van der Waals surface area contributed by atoms with Crippen LogP contribution in [0.25, 0.3) is 0 Å². The second kappa shape index (κ2) is 8.76. The van der Waals surface area contributed by atoms with Gasteiger partial charge < -0.3 is 19.9 Å². The van der Waals surface area contributed by atoms with Gasteiger partial charge in [-0.1, -0.05) is 12.1 Å². The first-order chi connectivity index (χ1) is 12.3. The van der Waals surface area contributed by atoms with Crippen LogP contribution >= 0.6 is 11.3 Å². The first-order valence-corrected chi connectivity index (χ1v) is 9.62. The van der Waals surface area contributed by atoms with Crippen molar-refractivity contribution in [1.29, 1.82) is 0 Å². The molecule has 5 nitrogen and oxygen atoms in total. The van der Waals surface area contributed by atoms with Crippen molar-refractivity contribution >= 4 is 23.0 Å². The summed E-state index contributed by atoms with van der Waals surface area (Å²) in [6.07, 6.45) is 0. The molecule has 0 saturated carbocycles. The van der Waals surface area contributed by atoms with E-state index >= 15 is 0 Å². The first-order valence-electron chi connectivity index (χ1n) is 8.75. The second-order valence-electron chi connectivity index (χ2n) is 5.93. The molecule has 2 heterocycles. The molecule has 0 radical (unpaired) electrons. The lowest BCUT2D eigenvalue weighted by molar-refractivity contribution is 0.372. The average Bonchev–Trinajstić information content (AvgIpc) is 3.19. The number of nitrogens with zero attached hydrogens (tertiary/aromatic N) is 3. The van der Waals surface area contributed by atoms with E-state index < -0.39 is 0 Å². The van der Waals surface area contributed by atoms with E-state index in [4.69, 9.17) is 9.73 Å². The van der Waals surface area contributed by atoms with Crippen molar-refractivity contribution in [3.8, 4) is 5.75 Å². The number of methoxy groups -OCH3 is 1. The van der Waals surface area contributed by atoms with E-state index in [9.17, 15) is 0 Å². The van der Waals surface area contributed by atoms with E-state index in [0.717, 1.165) is 51.0 Å². The lowest BCUT2D eigenvalue weighted by Gasteiger charge is -2.37. The standard InChI is InChI=1S/C19H26N4OS/c1-3-20-19(21-15-18-8-5-13-25-18)23-11-9-22(10-12-23)16-6-4-7-17(14-16)24-2/h4-8,13-14H,3,9-12,15H2,1-2H3,(H,20,21). The van der Waals surface area contributed by atoms with Gasteiger partial charge in [-0.2, -0.15) is 0 Å². The minimum Gasteiger partial charge on any atom is -0.497 e. The predicted octanol–water partition coefficient (Wildman–Crippen LogP) is 3.04. The lowest BCUT2D eigenvalue weighted by Crippen LogP contribution is -2.52. The highest BCUT2D eigenvalue weighted by molar-refractivity contribution is 7.09. The van der Waals surface area contributed by atoms with Crippen molar-refractivity contribution in [3.05, 3.63) is 46.7 Å². The third kappa shape index (κ3) is 4.66. The van der Waals surface area contributed by atoms with E-state index in [1.54, 1.807) is 18.4 Å². The summed E-state index contributed by atoms with van der Waals surface area (Å²) in [6, 6.07) is 12.5. The molecular weight excluding hydrogens is 332 g/mol. The Kier molecular flexibility index (Phi) is 6.17. The molecule has 1 aromatic carbocycles. The number of aliphatic imine (C=N–C) groups is 1. The number of guanidine groups is 1. The van der Waals surface area contributed by atoms with Crippen molar-refractivity contribution in [3.63, 3.8) is 0 Å². The van der Waals surface area contributed by atoms with Gasteiger partial charge in [0.2, 0.25) is 0 Å². The van der Waals surface area contributed by atoms with Gasteiger partial charge in [-0.15, -0.1) is 11.3 Å². The number of rotatable bonds is 5. The fourth-order valence-corrected chi connectivity index (χ4v) is 3.59. The van der Waals surface area contributed by atoms with Gasteiger partial charge in [-0.25, -0.2) is 4.99 Å². The van der Waals surface area contributed by atoms with Gasteiger partial charge in [-0.3, -0.25) is 0 Å². The smallest absolute Gasteiger partial charge is 0.194 e. The molecule has 0 bridgehead atoms. The molecule has 0 atom stereocenters. The Morgan fingerprint density at radius 3 is 2.72 bits per heavy atom. The zero-order valence-corrected chi connectivity index (χ0v) is 15.8. The van der Waals surface area contributed by atoms with Gasteiger partial charge in [0.15, 0.2) is 5.96 Å². The van der Waals surface area contributed by atoms with Crippen molar-refractivity contribution < 1.29 is 4.74 Å². The van der Waals surface area contributed by atoms with E-state index in [1.807, 2.05) is 12.1 Å². The van der Waals surface area contributed by atoms with Gasteiger partial charge in [0, 0.05) is 49.4 Å². The summed E-state index contributed by atoms with van der Waals surface area (Å²) in [4.78, 5) is 10.9. The molecule has 0 aliphatic carbocycles. The molecule has 1 aliphatic rings. The van der Waals surface area contributed by atoms with Crippen LogP contribution in [0.2, 0.25) is 0 Å². The zero-order valence-electron chi connectivity index (χ0n) is 14.9. The van der Waals surface area contributed by atoms with Gasteiger partial charge >= 0.3 is 0 Å². The number of benzene rings is 1. The third-order valence-corrected chi connectivity index (χ3v) is 5.16. The summed E-state index contributed by atoms with van der Waals surface area (Å²) in [5.74, 6) is 1.92. The number of nitrogens with one attached hydrogen (secondary N) is 1. The van der Waals surface area contributed by atoms with E-state index in [0.29, 0.717) is 0 Å². The number of ether oxygens (including phenoxy) is 1. The molecule has 1 N–H and O–H groups in total. The van der Waals surface area contributed by atoms with Crippen LogP contribution in [0, 0.1) is 0 Å². The number of hydrogen-bond acceptors (Lipinski definition) is 4.